The Balaban J connectivity index is 2.56. The highest BCUT2D eigenvalue weighted by Gasteiger charge is 2.31. The van der Waals surface area contributed by atoms with Crippen LogP contribution in [-0.2, 0) is 9.53 Å². The molecular formula is C12H24N2O2. The summed E-state index contributed by atoms with van der Waals surface area (Å²) in [6, 6.07) is -0.00817. The van der Waals surface area contributed by atoms with Gasteiger partial charge in [-0.2, -0.15) is 0 Å². The molecule has 16 heavy (non-hydrogen) atoms. The van der Waals surface area contributed by atoms with Gasteiger partial charge in [0.05, 0.1) is 11.6 Å². The van der Waals surface area contributed by atoms with Crippen LogP contribution in [-0.4, -0.2) is 49.2 Å². The molecule has 1 heterocycles. The van der Waals surface area contributed by atoms with Gasteiger partial charge in [0.15, 0.2) is 0 Å². The van der Waals surface area contributed by atoms with Crippen molar-refractivity contribution >= 4 is 5.91 Å². The van der Waals surface area contributed by atoms with Crippen LogP contribution in [0.25, 0.3) is 0 Å². The number of hydrogen-bond acceptors (Lipinski definition) is 3. The lowest BCUT2D eigenvalue weighted by Crippen LogP contribution is -2.53. The monoisotopic (exact) mass is 228 g/mol. The Labute approximate surface area is 98.3 Å². The Morgan fingerprint density at radius 1 is 1.56 bits per heavy atom. The number of carbonyl (C=O) groups excluding carboxylic acids is 1. The quantitative estimate of drug-likeness (QED) is 0.763. The van der Waals surface area contributed by atoms with E-state index in [1.54, 1.807) is 0 Å². The fourth-order valence-corrected chi connectivity index (χ4v) is 2.26. The van der Waals surface area contributed by atoms with Gasteiger partial charge >= 0.3 is 0 Å². The standard InChI is InChI=1S/C12H24N2O2/c1-5-16-12(2,3)9-14-8-6-7-10(13-4)11(14)15/h10,13H,5-9H2,1-4H3. The number of hydrogen-bond donors (Lipinski definition) is 1. The molecule has 1 rings (SSSR count). The van der Waals surface area contributed by atoms with Crippen LogP contribution in [0.5, 0.6) is 0 Å². The number of carbonyl (C=O) groups is 1. The zero-order chi connectivity index (χ0) is 12.2. The molecule has 0 spiro atoms. The molecule has 1 aliphatic heterocycles. The number of likely N-dealkylation sites (tertiary alicyclic amines) is 1. The molecule has 0 aromatic rings. The third kappa shape index (κ3) is 3.46. The minimum atomic E-state index is -0.250. The van der Waals surface area contributed by atoms with Gasteiger partial charge in [-0.15, -0.1) is 0 Å². The Hall–Kier alpha value is -0.610. The lowest BCUT2D eigenvalue weighted by Gasteiger charge is -2.37. The maximum Gasteiger partial charge on any atom is 0.239 e. The highest BCUT2D eigenvalue weighted by Crippen LogP contribution is 2.17. The van der Waals surface area contributed by atoms with Crippen LogP contribution in [0.2, 0.25) is 0 Å². The molecule has 94 valence electrons. The fraction of sp³-hybridized carbons (Fsp3) is 0.917. The molecule has 1 fully saturated rings. The molecule has 1 amide bonds. The Morgan fingerprint density at radius 2 is 2.25 bits per heavy atom. The van der Waals surface area contributed by atoms with E-state index in [9.17, 15) is 4.79 Å². The van der Waals surface area contributed by atoms with Crippen molar-refractivity contribution in [1.29, 1.82) is 0 Å². The predicted octanol–water partition coefficient (Wildman–Crippen LogP) is 1.01. The topological polar surface area (TPSA) is 41.6 Å². The number of ether oxygens (including phenoxy) is 1. The molecule has 4 nitrogen and oxygen atoms in total. The predicted molar refractivity (Wildman–Crippen MR) is 64.4 cm³/mol. The van der Waals surface area contributed by atoms with Crippen LogP contribution in [0, 0.1) is 0 Å². The van der Waals surface area contributed by atoms with E-state index in [0.717, 1.165) is 19.4 Å². The van der Waals surface area contributed by atoms with E-state index in [0.29, 0.717) is 13.2 Å². The lowest BCUT2D eigenvalue weighted by atomic mass is 10.0. The summed E-state index contributed by atoms with van der Waals surface area (Å²) in [6.45, 7) is 8.27. The summed E-state index contributed by atoms with van der Waals surface area (Å²) < 4.78 is 5.63. The normalized spacial score (nSPS) is 22.6. The second kappa shape index (κ2) is 5.64. The third-order valence-electron chi connectivity index (χ3n) is 2.99. The van der Waals surface area contributed by atoms with Crippen molar-refractivity contribution in [3.05, 3.63) is 0 Å². The fourth-order valence-electron chi connectivity index (χ4n) is 2.26. The molecule has 1 unspecified atom stereocenters. The molecule has 1 atom stereocenters. The second-order valence-electron chi connectivity index (χ2n) is 4.94. The van der Waals surface area contributed by atoms with Crippen molar-refractivity contribution < 1.29 is 9.53 Å². The Morgan fingerprint density at radius 3 is 2.81 bits per heavy atom. The van der Waals surface area contributed by atoms with Gasteiger partial charge in [-0.25, -0.2) is 0 Å². The highest BCUT2D eigenvalue weighted by atomic mass is 16.5. The summed E-state index contributed by atoms with van der Waals surface area (Å²) in [7, 11) is 1.85. The first-order chi connectivity index (χ1) is 7.50. The molecule has 0 radical (unpaired) electrons. The van der Waals surface area contributed by atoms with E-state index in [1.165, 1.54) is 0 Å². The summed E-state index contributed by atoms with van der Waals surface area (Å²) >= 11 is 0. The zero-order valence-corrected chi connectivity index (χ0v) is 10.9. The molecule has 0 saturated carbocycles. The minimum absolute atomic E-state index is 0.00817. The van der Waals surface area contributed by atoms with E-state index in [2.05, 4.69) is 5.32 Å². The summed E-state index contributed by atoms with van der Waals surface area (Å²) in [4.78, 5) is 14.0. The van der Waals surface area contributed by atoms with Crippen LogP contribution in [0.4, 0.5) is 0 Å². The second-order valence-corrected chi connectivity index (χ2v) is 4.94. The maximum atomic E-state index is 12.0. The number of nitrogens with zero attached hydrogens (tertiary/aromatic N) is 1. The van der Waals surface area contributed by atoms with Gasteiger partial charge in [0.25, 0.3) is 0 Å². The number of rotatable bonds is 5. The molecule has 4 heteroatoms. The summed E-state index contributed by atoms with van der Waals surface area (Å²) in [5.74, 6) is 0.210. The van der Waals surface area contributed by atoms with Crippen molar-refractivity contribution in [2.24, 2.45) is 0 Å². The van der Waals surface area contributed by atoms with E-state index in [4.69, 9.17) is 4.74 Å². The number of piperidine rings is 1. The molecular weight excluding hydrogens is 204 g/mol. The molecule has 1 saturated heterocycles. The van der Waals surface area contributed by atoms with Crippen LogP contribution in [0.1, 0.15) is 33.6 Å². The summed E-state index contributed by atoms with van der Waals surface area (Å²) in [5.41, 5.74) is -0.250. The first kappa shape index (κ1) is 13.5. The molecule has 1 N–H and O–H groups in total. The average Bonchev–Trinajstić information content (AvgIpc) is 2.21. The van der Waals surface area contributed by atoms with Gasteiger partial charge in [-0.3, -0.25) is 4.79 Å². The van der Waals surface area contributed by atoms with Gasteiger partial charge in [-0.1, -0.05) is 0 Å². The van der Waals surface area contributed by atoms with Gasteiger partial charge in [-0.05, 0) is 40.7 Å². The van der Waals surface area contributed by atoms with Crippen molar-refractivity contribution in [2.45, 2.75) is 45.3 Å². The lowest BCUT2D eigenvalue weighted by molar-refractivity contribution is -0.140. The van der Waals surface area contributed by atoms with Crippen molar-refractivity contribution in [3.63, 3.8) is 0 Å². The van der Waals surface area contributed by atoms with Crippen molar-refractivity contribution in [1.82, 2.24) is 10.2 Å². The summed E-state index contributed by atoms with van der Waals surface area (Å²) in [5, 5.41) is 3.07. The van der Waals surface area contributed by atoms with Crippen molar-refractivity contribution in [2.75, 3.05) is 26.7 Å². The molecule has 0 aromatic carbocycles. The number of amides is 1. The first-order valence-electron chi connectivity index (χ1n) is 6.10. The van der Waals surface area contributed by atoms with Gasteiger partial charge in [0.2, 0.25) is 5.91 Å². The molecule has 0 aromatic heterocycles. The Bertz CT molecular complexity index is 241. The summed E-state index contributed by atoms with van der Waals surface area (Å²) in [6.07, 6.45) is 2.01. The van der Waals surface area contributed by atoms with Gasteiger partial charge in [0, 0.05) is 19.7 Å². The van der Waals surface area contributed by atoms with E-state index in [-0.39, 0.29) is 17.6 Å². The smallest absolute Gasteiger partial charge is 0.239 e. The third-order valence-corrected chi connectivity index (χ3v) is 2.99. The highest BCUT2D eigenvalue weighted by molar-refractivity contribution is 5.82. The van der Waals surface area contributed by atoms with E-state index in [1.807, 2.05) is 32.7 Å². The van der Waals surface area contributed by atoms with Crippen LogP contribution >= 0.6 is 0 Å². The molecule has 0 aliphatic carbocycles. The van der Waals surface area contributed by atoms with Crippen LogP contribution in [0.15, 0.2) is 0 Å². The Kier molecular flexibility index (Phi) is 4.74. The van der Waals surface area contributed by atoms with E-state index >= 15 is 0 Å². The maximum absolute atomic E-state index is 12.0. The SMILES string of the molecule is CCOC(C)(C)CN1CCCC(NC)C1=O. The number of likely N-dealkylation sites (N-methyl/N-ethyl adjacent to an activating group) is 1. The van der Waals surface area contributed by atoms with Gasteiger partial charge < -0.3 is 15.0 Å². The largest absolute Gasteiger partial charge is 0.374 e. The van der Waals surface area contributed by atoms with Crippen molar-refractivity contribution in [3.8, 4) is 0 Å². The number of nitrogens with one attached hydrogen (secondary N) is 1. The molecule has 1 aliphatic rings. The minimum Gasteiger partial charge on any atom is -0.374 e. The van der Waals surface area contributed by atoms with Crippen LogP contribution in [0.3, 0.4) is 0 Å². The average molecular weight is 228 g/mol. The van der Waals surface area contributed by atoms with Crippen LogP contribution < -0.4 is 5.32 Å². The van der Waals surface area contributed by atoms with E-state index < -0.39 is 0 Å². The van der Waals surface area contributed by atoms with Gasteiger partial charge in [0.1, 0.15) is 0 Å². The first-order valence-corrected chi connectivity index (χ1v) is 6.10. The molecule has 0 bridgehead atoms. The zero-order valence-electron chi connectivity index (χ0n) is 10.9.